The van der Waals surface area contributed by atoms with Crippen molar-refractivity contribution in [1.29, 1.82) is 0 Å². The van der Waals surface area contributed by atoms with Gasteiger partial charge in [0.15, 0.2) is 0 Å². The zero-order chi connectivity index (χ0) is 16.4. The van der Waals surface area contributed by atoms with Crippen LogP contribution < -0.4 is 16.0 Å². The van der Waals surface area contributed by atoms with Crippen LogP contribution in [0.15, 0.2) is 17.0 Å². The highest BCUT2D eigenvalue weighted by Gasteiger charge is 2.34. The molecular formula is C16H21F2N3OS. The first-order valence-corrected chi connectivity index (χ1v) is 9.10. The van der Waals surface area contributed by atoms with Crippen LogP contribution in [0.3, 0.4) is 0 Å². The Balaban J connectivity index is 1.57. The SMILES string of the molecule is CSc1c(F)cc(NC(=O)NC2CCC3CNCC3C2)cc1F. The van der Waals surface area contributed by atoms with Gasteiger partial charge in [0.25, 0.3) is 0 Å². The summed E-state index contributed by atoms with van der Waals surface area (Å²) in [5, 5.41) is 8.83. The summed E-state index contributed by atoms with van der Waals surface area (Å²) in [7, 11) is 0. The van der Waals surface area contributed by atoms with E-state index in [1.54, 1.807) is 6.26 Å². The normalized spacial score (nSPS) is 26.7. The van der Waals surface area contributed by atoms with E-state index in [4.69, 9.17) is 0 Å². The largest absolute Gasteiger partial charge is 0.335 e. The third kappa shape index (κ3) is 3.77. The van der Waals surface area contributed by atoms with E-state index in [0.29, 0.717) is 5.92 Å². The molecule has 1 saturated carbocycles. The van der Waals surface area contributed by atoms with Crippen LogP contribution >= 0.6 is 11.8 Å². The first-order valence-electron chi connectivity index (χ1n) is 7.88. The fourth-order valence-corrected chi connectivity index (χ4v) is 4.12. The van der Waals surface area contributed by atoms with Gasteiger partial charge in [-0.25, -0.2) is 13.6 Å². The van der Waals surface area contributed by atoms with Gasteiger partial charge in [-0.1, -0.05) is 0 Å². The van der Waals surface area contributed by atoms with Gasteiger partial charge in [-0.3, -0.25) is 0 Å². The van der Waals surface area contributed by atoms with Gasteiger partial charge in [0.2, 0.25) is 0 Å². The molecule has 0 radical (unpaired) electrons. The van der Waals surface area contributed by atoms with Gasteiger partial charge >= 0.3 is 6.03 Å². The van der Waals surface area contributed by atoms with Crippen molar-refractivity contribution in [2.24, 2.45) is 11.8 Å². The van der Waals surface area contributed by atoms with E-state index >= 15 is 0 Å². The minimum absolute atomic E-state index is 0.0389. The Labute approximate surface area is 138 Å². The summed E-state index contributed by atoms with van der Waals surface area (Å²) >= 11 is 1.00. The number of hydrogen-bond donors (Lipinski definition) is 3. The summed E-state index contributed by atoms with van der Waals surface area (Å²) in [5.74, 6) is 0.0128. The molecule has 2 aliphatic rings. The summed E-state index contributed by atoms with van der Waals surface area (Å²) in [6, 6.07) is 2.00. The Kier molecular flexibility index (Phi) is 5.06. The van der Waals surface area contributed by atoms with Crippen LogP contribution in [0.1, 0.15) is 19.3 Å². The lowest BCUT2D eigenvalue weighted by Gasteiger charge is -2.31. The lowest BCUT2D eigenvalue weighted by atomic mass is 9.79. The number of nitrogens with one attached hydrogen (secondary N) is 3. The second-order valence-corrected chi connectivity index (χ2v) is 7.08. The van der Waals surface area contributed by atoms with Crippen molar-refractivity contribution in [3.05, 3.63) is 23.8 Å². The Morgan fingerprint density at radius 3 is 2.61 bits per heavy atom. The van der Waals surface area contributed by atoms with Crippen LogP contribution in [0.2, 0.25) is 0 Å². The highest BCUT2D eigenvalue weighted by Crippen LogP contribution is 2.32. The summed E-state index contributed by atoms with van der Waals surface area (Å²) in [6.07, 6.45) is 4.62. The number of rotatable bonds is 3. The average Bonchev–Trinajstić information content (AvgIpc) is 2.94. The molecule has 1 aliphatic heterocycles. The summed E-state index contributed by atoms with van der Waals surface area (Å²) in [4.78, 5) is 12.0. The van der Waals surface area contributed by atoms with E-state index in [1.807, 2.05) is 0 Å². The predicted molar refractivity (Wildman–Crippen MR) is 87.8 cm³/mol. The van der Waals surface area contributed by atoms with Gasteiger partial charge in [0.1, 0.15) is 11.6 Å². The molecular weight excluding hydrogens is 320 g/mol. The van der Waals surface area contributed by atoms with Crippen LogP contribution in [0.25, 0.3) is 0 Å². The molecule has 2 amide bonds. The number of amides is 2. The molecule has 1 aromatic rings. The Bertz CT molecular complexity index is 576. The Morgan fingerprint density at radius 2 is 1.91 bits per heavy atom. The zero-order valence-corrected chi connectivity index (χ0v) is 13.8. The average molecular weight is 341 g/mol. The van der Waals surface area contributed by atoms with E-state index in [0.717, 1.165) is 62.2 Å². The molecule has 1 saturated heterocycles. The number of anilines is 1. The predicted octanol–water partition coefficient (Wildman–Crippen LogP) is 3.20. The minimum atomic E-state index is -0.662. The number of hydrogen-bond acceptors (Lipinski definition) is 3. The number of carbonyl (C=O) groups is 1. The smallest absolute Gasteiger partial charge is 0.319 e. The van der Waals surface area contributed by atoms with Crippen LogP contribution in [0.5, 0.6) is 0 Å². The van der Waals surface area contributed by atoms with E-state index < -0.39 is 17.7 Å². The highest BCUT2D eigenvalue weighted by molar-refractivity contribution is 7.98. The van der Waals surface area contributed by atoms with Crippen LogP contribution in [0.4, 0.5) is 19.3 Å². The van der Waals surface area contributed by atoms with Crippen LogP contribution in [-0.2, 0) is 0 Å². The molecule has 3 unspecified atom stereocenters. The molecule has 0 spiro atoms. The zero-order valence-electron chi connectivity index (χ0n) is 13.0. The number of urea groups is 1. The topological polar surface area (TPSA) is 53.2 Å². The van der Waals surface area contributed by atoms with Crippen molar-refractivity contribution in [1.82, 2.24) is 10.6 Å². The van der Waals surface area contributed by atoms with Crippen molar-refractivity contribution in [2.75, 3.05) is 24.7 Å². The van der Waals surface area contributed by atoms with Crippen molar-refractivity contribution in [3.63, 3.8) is 0 Å². The van der Waals surface area contributed by atoms with Gasteiger partial charge in [-0.15, -0.1) is 11.8 Å². The van der Waals surface area contributed by atoms with Gasteiger partial charge < -0.3 is 16.0 Å². The maximum absolute atomic E-state index is 13.7. The quantitative estimate of drug-likeness (QED) is 0.740. The molecule has 0 bridgehead atoms. The van der Waals surface area contributed by atoms with E-state index in [1.165, 1.54) is 0 Å². The fourth-order valence-electron chi connectivity index (χ4n) is 3.61. The highest BCUT2D eigenvalue weighted by atomic mass is 32.2. The number of benzene rings is 1. The van der Waals surface area contributed by atoms with Gasteiger partial charge in [0, 0.05) is 11.7 Å². The molecule has 3 atom stereocenters. The number of fused-ring (bicyclic) bond motifs is 1. The van der Waals surface area contributed by atoms with Gasteiger partial charge in [-0.2, -0.15) is 0 Å². The van der Waals surface area contributed by atoms with Crippen LogP contribution in [-0.4, -0.2) is 31.4 Å². The molecule has 1 aromatic carbocycles. The molecule has 0 aromatic heterocycles. The molecule has 3 N–H and O–H groups in total. The van der Waals surface area contributed by atoms with Gasteiger partial charge in [-0.05, 0) is 62.6 Å². The molecule has 23 heavy (non-hydrogen) atoms. The van der Waals surface area contributed by atoms with E-state index in [9.17, 15) is 13.6 Å². The van der Waals surface area contributed by atoms with Crippen LogP contribution in [0, 0.1) is 23.5 Å². The summed E-state index contributed by atoms with van der Waals surface area (Å²) in [5.41, 5.74) is 0.131. The summed E-state index contributed by atoms with van der Waals surface area (Å²) < 4.78 is 27.5. The third-order valence-corrected chi connectivity index (χ3v) is 5.55. The van der Waals surface area contributed by atoms with Crippen molar-refractivity contribution in [3.8, 4) is 0 Å². The van der Waals surface area contributed by atoms with Crippen molar-refractivity contribution >= 4 is 23.5 Å². The first-order chi connectivity index (χ1) is 11.1. The number of halogens is 2. The van der Waals surface area contributed by atoms with E-state index in [2.05, 4.69) is 16.0 Å². The van der Waals surface area contributed by atoms with Gasteiger partial charge in [0.05, 0.1) is 4.90 Å². The molecule has 1 heterocycles. The minimum Gasteiger partial charge on any atom is -0.335 e. The maximum Gasteiger partial charge on any atom is 0.319 e. The number of thioether (sulfide) groups is 1. The fraction of sp³-hybridized carbons (Fsp3) is 0.562. The second kappa shape index (κ2) is 7.05. The maximum atomic E-state index is 13.7. The third-order valence-electron chi connectivity index (χ3n) is 4.75. The Morgan fingerprint density at radius 1 is 1.22 bits per heavy atom. The lowest BCUT2D eigenvalue weighted by Crippen LogP contribution is -2.42. The molecule has 2 fully saturated rings. The number of carbonyl (C=O) groups excluding carboxylic acids is 1. The Hall–Kier alpha value is -1.34. The van der Waals surface area contributed by atoms with Crippen molar-refractivity contribution < 1.29 is 13.6 Å². The second-order valence-electron chi connectivity index (χ2n) is 6.26. The molecule has 4 nitrogen and oxygen atoms in total. The molecule has 126 valence electrons. The summed E-state index contributed by atoms with van der Waals surface area (Å²) in [6.45, 7) is 2.08. The molecule has 3 rings (SSSR count). The lowest BCUT2D eigenvalue weighted by molar-refractivity contribution is 0.224. The standard InChI is InChI=1S/C16H21F2N3OS/c1-23-15-13(17)5-12(6-14(15)18)21-16(22)20-11-3-2-9-7-19-8-10(9)4-11/h5-6,9-11,19H,2-4,7-8H2,1H3,(H2,20,21,22). The first kappa shape index (κ1) is 16.5. The molecule has 7 heteroatoms. The molecule has 1 aliphatic carbocycles. The monoisotopic (exact) mass is 341 g/mol. The van der Waals surface area contributed by atoms with Crippen molar-refractivity contribution in [2.45, 2.75) is 30.2 Å². The van der Waals surface area contributed by atoms with E-state index in [-0.39, 0.29) is 16.6 Å².